The van der Waals surface area contributed by atoms with Gasteiger partial charge in [-0.2, -0.15) is 0 Å². The molecule has 2 saturated carbocycles. The van der Waals surface area contributed by atoms with Crippen molar-refractivity contribution in [1.82, 2.24) is 0 Å². The van der Waals surface area contributed by atoms with Crippen LogP contribution in [0.15, 0.2) is 0 Å². The Hall–Kier alpha value is -1.10. The van der Waals surface area contributed by atoms with Gasteiger partial charge in [0.25, 0.3) is 0 Å². The van der Waals surface area contributed by atoms with E-state index in [1.807, 2.05) is 0 Å². The topological polar surface area (TPSA) is 83.8 Å². The van der Waals surface area contributed by atoms with Gasteiger partial charge in [0.15, 0.2) is 0 Å². The van der Waals surface area contributed by atoms with Crippen molar-refractivity contribution in [3.8, 4) is 0 Å². The number of ether oxygens (including phenoxy) is 1. The fourth-order valence-electron chi connectivity index (χ4n) is 3.90. The minimum absolute atomic E-state index is 0.0526. The summed E-state index contributed by atoms with van der Waals surface area (Å²) in [7, 11) is 0. The molecule has 0 aromatic rings. The summed E-state index contributed by atoms with van der Waals surface area (Å²) in [6.07, 6.45) is 0.804. The Labute approximate surface area is 106 Å². The number of esters is 1. The number of aliphatic hydroxyl groups excluding tert-OH is 1. The molecule has 5 nitrogen and oxygen atoms in total. The minimum Gasteiger partial charge on any atom is -0.481 e. The molecule has 6 unspecified atom stereocenters. The number of carbonyl (C=O) groups is 2. The van der Waals surface area contributed by atoms with E-state index in [0.29, 0.717) is 11.8 Å². The minimum atomic E-state index is -0.896. The van der Waals surface area contributed by atoms with Crippen LogP contribution in [-0.4, -0.2) is 35.4 Å². The molecule has 0 aliphatic heterocycles. The van der Waals surface area contributed by atoms with E-state index in [1.54, 1.807) is 0 Å². The summed E-state index contributed by atoms with van der Waals surface area (Å²) >= 11 is 0. The second-order valence-electron chi connectivity index (χ2n) is 5.56. The first-order valence-electron chi connectivity index (χ1n) is 6.49. The Morgan fingerprint density at radius 3 is 2.22 bits per heavy atom. The van der Waals surface area contributed by atoms with Crippen molar-refractivity contribution in [2.45, 2.75) is 20.3 Å². The molecule has 0 spiro atoms. The Balaban J connectivity index is 2.17. The van der Waals surface area contributed by atoms with Crippen molar-refractivity contribution in [3.05, 3.63) is 0 Å². The maximum absolute atomic E-state index is 12.0. The fourth-order valence-corrected chi connectivity index (χ4v) is 3.90. The van der Waals surface area contributed by atoms with E-state index in [-0.39, 0.29) is 25.0 Å². The van der Waals surface area contributed by atoms with Crippen LogP contribution in [-0.2, 0) is 14.3 Å². The van der Waals surface area contributed by atoms with Crippen molar-refractivity contribution in [2.75, 3.05) is 13.2 Å². The molecule has 2 fully saturated rings. The van der Waals surface area contributed by atoms with Gasteiger partial charge in [0.05, 0.1) is 18.4 Å². The molecule has 0 amide bonds. The van der Waals surface area contributed by atoms with Crippen LogP contribution in [0.2, 0.25) is 0 Å². The molecule has 5 heteroatoms. The summed E-state index contributed by atoms with van der Waals surface area (Å²) in [6, 6.07) is 0. The van der Waals surface area contributed by atoms with Gasteiger partial charge in [0.2, 0.25) is 0 Å². The Bertz CT molecular complexity index is 353. The quantitative estimate of drug-likeness (QED) is 0.725. The molecule has 6 atom stereocenters. The number of carboxylic acids is 1. The molecule has 18 heavy (non-hydrogen) atoms. The molecule has 2 rings (SSSR count). The molecule has 102 valence electrons. The number of carbonyl (C=O) groups excluding carboxylic acids is 1. The predicted octanol–water partition coefficient (Wildman–Crippen LogP) is 0.761. The summed E-state index contributed by atoms with van der Waals surface area (Å²) in [4.78, 5) is 23.3. The molecule has 2 N–H and O–H groups in total. The number of aliphatic carboxylic acids is 1. The Morgan fingerprint density at radius 1 is 1.17 bits per heavy atom. The maximum Gasteiger partial charge on any atom is 0.310 e. The van der Waals surface area contributed by atoms with Crippen LogP contribution in [0, 0.1) is 35.5 Å². The molecule has 2 aliphatic carbocycles. The lowest BCUT2D eigenvalue weighted by Crippen LogP contribution is -2.41. The van der Waals surface area contributed by atoms with Crippen LogP contribution in [0.1, 0.15) is 20.3 Å². The van der Waals surface area contributed by atoms with E-state index in [1.165, 1.54) is 0 Å². The van der Waals surface area contributed by atoms with Gasteiger partial charge < -0.3 is 14.9 Å². The molecule has 2 bridgehead atoms. The highest BCUT2D eigenvalue weighted by atomic mass is 16.5. The highest BCUT2D eigenvalue weighted by Crippen LogP contribution is 2.58. The second-order valence-corrected chi connectivity index (χ2v) is 5.56. The van der Waals surface area contributed by atoms with Crippen molar-refractivity contribution >= 4 is 11.9 Å². The highest BCUT2D eigenvalue weighted by molar-refractivity contribution is 5.83. The summed E-state index contributed by atoms with van der Waals surface area (Å²) in [5, 5.41) is 18.0. The Kier molecular flexibility index (Phi) is 3.61. The van der Waals surface area contributed by atoms with Crippen LogP contribution < -0.4 is 0 Å². The monoisotopic (exact) mass is 256 g/mol. The van der Waals surface area contributed by atoms with Crippen LogP contribution in [0.25, 0.3) is 0 Å². The zero-order valence-corrected chi connectivity index (χ0v) is 10.7. The third kappa shape index (κ3) is 1.90. The normalized spacial score (nSPS) is 41.9. The largest absolute Gasteiger partial charge is 0.481 e. The van der Waals surface area contributed by atoms with Crippen molar-refractivity contribution < 1.29 is 24.5 Å². The van der Waals surface area contributed by atoms with E-state index in [9.17, 15) is 14.7 Å². The van der Waals surface area contributed by atoms with Gasteiger partial charge in [-0.3, -0.25) is 9.59 Å². The van der Waals surface area contributed by atoms with Gasteiger partial charge in [-0.1, -0.05) is 13.8 Å². The first-order valence-corrected chi connectivity index (χ1v) is 6.49. The van der Waals surface area contributed by atoms with Gasteiger partial charge >= 0.3 is 11.9 Å². The number of hydrogen-bond donors (Lipinski definition) is 2. The molecule has 0 aromatic carbocycles. The first kappa shape index (κ1) is 13.3. The molecular formula is C13H20O5. The average molecular weight is 256 g/mol. The molecule has 2 aliphatic rings. The van der Waals surface area contributed by atoms with Gasteiger partial charge in [-0.25, -0.2) is 0 Å². The smallest absolute Gasteiger partial charge is 0.310 e. The zero-order chi connectivity index (χ0) is 13.4. The third-order valence-electron chi connectivity index (χ3n) is 4.93. The second kappa shape index (κ2) is 4.88. The lowest BCUT2D eigenvalue weighted by molar-refractivity contribution is -0.163. The maximum atomic E-state index is 12.0. The van der Waals surface area contributed by atoms with Gasteiger partial charge in [-0.15, -0.1) is 0 Å². The summed E-state index contributed by atoms with van der Waals surface area (Å²) in [5.41, 5.74) is 0. The number of aliphatic hydroxyl groups is 1. The SMILES string of the molecule is CC1C(C)C2CC1C(C(=O)O)C2C(=O)OCCO. The summed E-state index contributed by atoms with van der Waals surface area (Å²) in [6.45, 7) is 3.87. The molecular weight excluding hydrogens is 236 g/mol. The van der Waals surface area contributed by atoms with Crippen molar-refractivity contribution in [3.63, 3.8) is 0 Å². The predicted molar refractivity (Wildman–Crippen MR) is 62.6 cm³/mol. The number of hydrogen-bond acceptors (Lipinski definition) is 4. The third-order valence-corrected chi connectivity index (χ3v) is 4.93. The zero-order valence-electron chi connectivity index (χ0n) is 10.7. The van der Waals surface area contributed by atoms with Gasteiger partial charge in [-0.05, 0) is 30.1 Å². The van der Waals surface area contributed by atoms with Gasteiger partial charge in [0, 0.05) is 0 Å². The number of rotatable bonds is 4. The van der Waals surface area contributed by atoms with E-state index in [0.717, 1.165) is 6.42 Å². The van der Waals surface area contributed by atoms with E-state index in [2.05, 4.69) is 13.8 Å². The van der Waals surface area contributed by atoms with Crippen molar-refractivity contribution in [2.24, 2.45) is 35.5 Å². The van der Waals surface area contributed by atoms with Crippen LogP contribution >= 0.6 is 0 Å². The van der Waals surface area contributed by atoms with Crippen LogP contribution in [0.3, 0.4) is 0 Å². The standard InChI is InChI=1S/C13H20O5/c1-6-7(2)9-5-8(6)10(12(15)16)11(9)13(17)18-4-3-14/h6-11,14H,3-5H2,1-2H3,(H,15,16). The van der Waals surface area contributed by atoms with Crippen LogP contribution in [0.5, 0.6) is 0 Å². The average Bonchev–Trinajstić information content (AvgIpc) is 2.84. The molecule has 0 radical (unpaired) electrons. The molecule has 0 aromatic heterocycles. The number of fused-ring (bicyclic) bond motifs is 2. The van der Waals surface area contributed by atoms with Crippen molar-refractivity contribution in [1.29, 1.82) is 0 Å². The fraction of sp³-hybridized carbons (Fsp3) is 0.846. The highest BCUT2D eigenvalue weighted by Gasteiger charge is 2.60. The van der Waals surface area contributed by atoms with E-state index in [4.69, 9.17) is 9.84 Å². The lowest BCUT2D eigenvalue weighted by atomic mass is 9.69. The number of carboxylic acid groups (broad SMARTS) is 1. The van der Waals surface area contributed by atoms with Gasteiger partial charge in [0.1, 0.15) is 6.61 Å². The summed E-state index contributed by atoms with van der Waals surface area (Å²) < 4.78 is 4.94. The lowest BCUT2D eigenvalue weighted by Gasteiger charge is -2.34. The summed E-state index contributed by atoms with van der Waals surface area (Å²) in [5.74, 6) is -1.62. The first-order chi connectivity index (χ1) is 8.49. The van der Waals surface area contributed by atoms with E-state index >= 15 is 0 Å². The molecule has 0 heterocycles. The molecule has 0 saturated heterocycles. The van der Waals surface area contributed by atoms with Crippen LogP contribution in [0.4, 0.5) is 0 Å². The van der Waals surface area contributed by atoms with E-state index < -0.39 is 23.8 Å². The Morgan fingerprint density at radius 2 is 1.72 bits per heavy atom.